The standard InChI is InChI=1S/C20H28FN5O2/c1-14-9-15(2)26(25-14)8-4-6-23-20(22-3)24-7-5-16-10-18(21)11-17-12-27-13-28-19(16)17/h9-11H,4-8,12-13H2,1-3H3,(H2,22,23,24). The van der Waals surface area contributed by atoms with Crippen molar-refractivity contribution in [3.05, 3.63) is 46.5 Å². The number of aryl methyl sites for hydroxylation is 3. The van der Waals surface area contributed by atoms with Crippen molar-refractivity contribution in [1.82, 2.24) is 20.4 Å². The summed E-state index contributed by atoms with van der Waals surface area (Å²) < 4.78 is 26.6. The molecule has 0 radical (unpaired) electrons. The molecule has 0 saturated carbocycles. The molecule has 3 rings (SSSR count). The number of benzene rings is 1. The fraction of sp³-hybridized carbons (Fsp3) is 0.500. The molecule has 0 aliphatic carbocycles. The number of nitrogens with one attached hydrogen (secondary N) is 2. The normalized spacial score (nSPS) is 13.8. The monoisotopic (exact) mass is 389 g/mol. The molecule has 2 aromatic rings. The van der Waals surface area contributed by atoms with Gasteiger partial charge in [0.15, 0.2) is 12.8 Å². The van der Waals surface area contributed by atoms with Crippen LogP contribution in [0, 0.1) is 19.7 Å². The summed E-state index contributed by atoms with van der Waals surface area (Å²) in [7, 11) is 1.74. The van der Waals surface area contributed by atoms with Gasteiger partial charge in [0.05, 0.1) is 12.3 Å². The van der Waals surface area contributed by atoms with Crippen LogP contribution in [0.3, 0.4) is 0 Å². The van der Waals surface area contributed by atoms with Gasteiger partial charge in [0.1, 0.15) is 11.6 Å². The second-order valence-corrected chi connectivity index (χ2v) is 6.84. The Morgan fingerprint density at radius 1 is 1.25 bits per heavy atom. The lowest BCUT2D eigenvalue weighted by atomic mass is 10.1. The Morgan fingerprint density at radius 3 is 2.82 bits per heavy atom. The Balaban J connectivity index is 1.43. The van der Waals surface area contributed by atoms with Gasteiger partial charge in [0.2, 0.25) is 0 Å². The quantitative estimate of drug-likeness (QED) is 0.432. The molecule has 0 spiro atoms. The zero-order valence-corrected chi connectivity index (χ0v) is 16.7. The molecule has 8 heteroatoms. The first-order valence-electron chi connectivity index (χ1n) is 9.54. The highest BCUT2D eigenvalue weighted by molar-refractivity contribution is 5.79. The predicted molar refractivity (Wildman–Crippen MR) is 106 cm³/mol. The predicted octanol–water partition coefficient (Wildman–Crippen LogP) is 2.30. The summed E-state index contributed by atoms with van der Waals surface area (Å²) in [5, 5.41) is 11.0. The summed E-state index contributed by atoms with van der Waals surface area (Å²) in [5.41, 5.74) is 3.81. The Morgan fingerprint density at radius 2 is 2.07 bits per heavy atom. The van der Waals surface area contributed by atoms with E-state index in [0.29, 0.717) is 19.6 Å². The number of aliphatic imine (C=N–C) groups is 1. The number of guanidine groups is 1. The molecule has 1 aromatic carbocycles. The smallest absolute Gasteiger partial charge is 0.190 e. The fourth-order valence-corrected chi connectivity index (χ4v) is 3.32. The summed E-state index contributed by atoms with van der Waals surface area (Å²) >= 11 is 0. The molecule has 1 aromatic heterocycles. The van der Waals surface area contributed by atoms with Crippen molar-refractivity contribution < 1.29 is 13.9 Å². The van der Waals surface area contributed by atoms with Crippen LogP contribution in [0.2, 0.25) is 0 Å². The molecule has 1 aliphatic heterocycles. The third-order valence-electron chi connectivity index (χ3n) is 4.60. The Labute approximate surface area is 164 Å². The van der Waals surface area contributed by atoms with Gasteiger partial charge in [0.25, 0.3) is 0 Å². The molecule has 7 nitrogen and oxygen atoms in total. The zero-order chi connectivity index (χ0) is 19.9. The Hall–Kier alpha value is -2.61. The lowest BCUT2D eigenvalue weighted by Gasteiger charge is -2.21. The van der Waals surface area contributed by atoms with Crippen LogP contribution in [0.15, 0.2) is 23.2 Å². The van der Waals surface area contributed by atoms with E-state index >= 15 is 0 Å². The molecule has 0 fully saturated rings. The molecular weight excluding hydrogens is 361 g/mol. The first-order valence-corrected chi connectivity index (χ1v) is 9.54. The number of hydrogen-bond donors (Lipinski definition) is 2. The lowest BCUT2D eigenvalue weighted by Crippen LogP contribution is -2.39. The topological polar surface area (TPSA) is 72.7 Å². The number of rotatable bonds is 7. The number of fused-ring (bicyclic) bond motifs is 1. The molecule has 28 heavy (non-hydrogen) atoms. The lowest BCUT2D eigenvalue weighted by molar-refractivity contribution is -0.0172. The molecule has 0 atom stereocenters. The van der Waals surface area contributed by atoms with Crippen molar-refractivity contribution in [2.75, 3.05) is 26.9 Å². The average Bonchev–Trinajstić information content (AvgIpc) is 3.00. The van der Waals surface area contributed by atoms with E-state index in [0.717, 1.165) is 48.0 Å². The molecule has 1 aliphatic rings. The molecule has 0 amide bonds. The highest BCUT2D eigenvalue weighted by Gasteiger charge is 2.16. The van der Waals surface area contributed by atoms with E-state index in [4.69, 9.17) is 9.47 Å². The third-order valence-corrected chi connectivity index (χ3v) is 4.60. The zero-order valence-electron chi connectivity index (χ0n) is 16.7. The minimum absolute atomic E-state index is 0.206. The van der Waals surface area contributed by atoms with Gasteiger partial charge in [-0.25, -0.2) is 4.39 Å². The minimum Gasteiger partial charge on any atom is -0.467 e. The highest BCUT2D eigenvalue weighted by atomic mass is 19.1. The number of hydrogen-bond acceptors (Lipinski definition) is 4. The first-order chi connectivity index (χ1) is 13.6. The number of nitrogens with zero attached hydrogens (tertiary/aromatic N) is 3. The summed E-state index contributed by atoms with van der Waals surface area (Å²) in [4.78, 5) is 4.24. The highest BCUT2D eigenvalue weighted by Crippen LogP contribution is 2.29. The van der Waals surface area contributed by atoms with Crippen LogP contribution in [-0.2, 0) is 24.3 Å². The summed E-state index contributed by atoms with van der Waals surface area (Å²) in [6.45, 7) is 6.92. The second kappa shape index (κ2) is 9.54. The van der Waals surface area contributed by atoms with Gasteiger partial charge in [-0.15, -0.1) is 0 Å². The van der Waals surface area contributed by atoms with Gasteiger partial charge >= 0.3 is 0 Å². The number of aromatic nitrogens is 2. The third kappa shape index (κ3) is 5.22. The molecule has 152 valence electrons. The summed E-state index contributed by atoms with van der Waals surface area (Å²) in [6, 6.07) is 5.07. The van der Waals surface area contributed by atoms with E-state index in [-0.39, 0.29) is 12.6 Å². The minimum atomic E-state index is -0.269. The van der Waals surface area contributed by atoms with Crippen LogP contribution in [0.4, 0.5) is 4.39 Å². The molecular formula is C20H28FN5O2. The molecule has 2 N–H and O–H groups in total. The van der Waals surface area contributed by atoms with E-state index in [2.05, 4.69) is 33.7 Å². The van der Waals surface area contributed by atoms with Crippen LogP contribution >= 0.6 is 0 Å². The van der Waals surface area contributed by atoms with Crippen molar-refractivity contribution in [2.45, 2.75) is 39.8 Å². The summed E-state index contributed by atoms with van der Waals surface area (Å²) in [6.07, 6.45) is 1.57. The van der Waals surface area contributed by atoms with Crippen LogP contribution in [0.25, 0.3) is 0 Å². The van der Waals surface area contributed by atoms with Gasteiger partial charge in [0, 0.05) is 37.9 Å². The van der Waals surface area contributed by atoms with Crippen molar-refractivity contribution in [3.63, 3.8) is 0 Å². The summed E-state index contributed by atoms with van der Waals surface area (Å²) in [5.74, 6) is 1.19. The van der Waals surface area contributed by atoms with Crippen LogP contribution in [-0.4, -0.2) is 42.7 Å². The molecule has 0 unspecified atom stereocenters. The Bertz CT molecular complexity index is 834. The van der Waals surface area contributed by atoms with Crippen LogP contribution < -0.4 is 15.4 Å². The SMILES string of the molecule is CN=C(NCCCn1nc(C)cc1C)NCCc1cc(F)cc2c1OCOC2. The van der Waals surface area contributed by atoms with E-state index in [1.54, 1.807) is 7.05 Å². The van der Waals surface area contributed by atoms with Crippen molar-refractivity contribution in [3.8, 4) is 5.75 Å². The van der Waals surface area contributed by atoms with E-state index in [1.807, 2.05) is 11.6 Å². The second-order valence-electron chi connectivity index (χ2n) is 6.84. The van der Waals surface area contributed by atoms with Gasteiger partial charge in [-0.2, -0.15) is 5.10 Å². The van der Waals surface area contributed by atoms with Gasteiger partial charge in [-0.05, 0) is 50.5 Å². The maximum Gasteiger partial charge on any atom is 0.190 e. The van der Waals surface area contributed by atoms with Gasteiger partial charge in [-0.3, -0.25) is 9.67 Å². The van der Waals surface area contributed by atoms with Crippen molar-refractivity contribution in [1.29, 1.82) is 0 Å². The molecule has 2 heterocycles. The maximum absolute atomic E-state index is 13.8. The molecule has 0 bridgehead atoms. The van der Waals surface area contributed by atoms with Crippen LogP contribution in [0.1, 0.15) is 28.9 Å². The Kier molecular flexibility index (Phi) is 6.86. The van der Waals surface area contributed by atoms with E-state index in [9.17, 15) is 4.39 Å². The van der Waals surface area contributed by atoms with Gasteiger partial charge in [-0.1, -0.05) is 0 Å². The fourth-order valence-electron chi connectivity index (χ4n) is 3.32. The molecule has 0 saturated heterocycles. The van der Waals surface area contributed by atoms with Crippen molar-refractivity contribution in [2.24, 2.45) is 4.99 Å². The first kappa shape index (κ1) is 20.1. The van der Waals surface area contributed by atoms with Crippen molar-refractivity contribution >= 4 is 5.96 Å². The van der Waals surface area contributed by atoms with Gasteiger partial charge < -0.3 is 20.1 Å². The van der Waals surface area contributed by atoms with E-state index in [1.165, 1.54) is 17.8 Å². The van der Waals surface area contributed by atoms with Crippen LogP contribution in [0.5, 0.6) is 5.75 Å². The maximum atomic E-state index is 13.8. The average molecular weight is 389 g/mol. The number of ether oxygens (including phenoxy) is 2. The largest absolute Gasteiger partial charge is 0.467 e. The number of halogens is 1. The van der Waals surface area contributed by atoms with E-state index < -0.39 is 0 Å².